The van der Waals surface area contributed by atoms with Gasteiger partial charge in [-0.15, -0.1) is 0 Å². The van der Waals surface area contributed by atoms with Crippen molar-refractivity contribution in [1.82, 2.24) is 0 Å². The smallest absolute Gasteiger partial charge is 0.0743 e. The molecule has 1 unspecified atom stereocenters. The van der Waals surface area contributed by atoms with E-state index in [9.17, 15) is 5.11 Å². The molecule has 18 heavy (non-hydrogen) atoms. The number of likely N-dealkylation sites (N-methyl/N-ethyl adjacent to an activating group) is 1. The van der Waals surface area contributed by atoms with Crippen molar-refractivity contribution in [1.29, 1.82) is 0 Å². The number of aliphatic hydroxyl groups excluding tert-OH is 1. The number of benzene rings is 1. The predicted octanol–water partition coefficient (Wildman–Crippen LogP) is 3.45. The monoisotopic (exact) mass is 247 g/mol. The van der Waals surface area contributed by atoms with E-state index in [1.54, 1.807) is 0 Å². The molecule has 1 aliphatic carbocycles. The maximum atomic E-state index is 10.4. The largest absolute Gasteiger partial charge is 0.391 e. The summed E-state index contributed by atoms with van der Waals surface area (Å²) in [5, 5.41) is 10.4. The van der Waals surface area contributed by atoms with Gasteiger partial charge in [0.1, 0.15) is 0 Å². The van der Waals surface area contributed by atoms with Crippen LogP contribution in [0.15, 0.2) is 30.3 Å². The first-order chi connectivity index (χ1) is 8.81. The van der Waals surface area contributed by atoms with E-state index >= 15 is 0 Å². The van der Waals surface area contributed by atoms with Gasteiger partial charge in [-0.2, -0.15) is 0 Å². The van der Waals surface area contributed by atoms with Gasteiger partial charge in [0, 0.05) is 18.8 Å². The summed E-state index contributed by atoms with van der Waals surface area (Å²) in [4.78, 5) is 2.28. The molecule has 0 amide bonds. The second-order valence-electron chi connectivity index (χ2n) is 5.34. The van der Waals surface area contributed by atoms with Crippen LogP contribution in [0.25, 0.3) is 0 Å². The maximum Gasteiger partial charge on any atom is 0.0743 e. The zero-order valence-corrected chi connectivity index (χ0v) is 11.4. The Kier molecular flexibility index (Phi) is 5.06. The van der Waals surface area contributed by atoms with Gasteiger partial charge in [-0.3, -0.25) is 0 Å². The number of rotatable bonds is 5. The minimum absolute atomic E-state index is 0.176. The molecule has 2 heteroatoms. The van der Waals surface area contributed by atoms with E-state index in [2.05, 4.69) is 36.1 Å². The standard InChI is InChI=1S/C16H25NO/c1-2-17(15-11-7-4-8-12-15)13-16(18)14-9-5-3-6-10-14/h4,7-8,11-12,14,16,18H,2-3,5-6,9-10,13H2,1H3. The molecular weight excluding hydrogens is 222 g/mol. The molecule has 1 aromatic carbocycles. The van der Waals surface area contributed by atoms with Crippen LogP contribution in [0.4, 0.5) is 5.69 Å². The second-order valence-corrected chi connectivity index (χ2v) is 5.34. The molecule has 1 atom stereocenters. The maximum absolute atomic E-state index is 10.4. The summed E-state index contributed by atoms with van der Waals surface area (Å²) in [6.45, 7) is 3.87. The first kappa shape index (κ1) is 13.4. The molecule has 0 aliphatic heterocycles. The van der Waals surface area contributed by atoms with Gasteiger partial charge in [0.2, 0.25) is 0 Å². The van der Waals surface area contributed by atoms with Crippen molar-refractivity contribution < 1.29 is 5.11 Å². The highest BCUT2D eigenvalue weighted by Gasteiger charge is 2.23. The van der Waals surface area contributed by atoms with Crippen molar-refractivity contribution in [2.75, 3.05) is 18.0 Å². The fraction of sp³-hybridized carbons (Fsp3) is 0.625. The number of aliphatic hydroxyl groups is 1. The average molecular weight is 247 g/mol. The van der Waals surface area contributed by atoms with Gasteiger partial charge in [0.15, 0.2) is 0 Å². The van der Waals surface area contributed by atoms with E-state index < -0.39 is 0 Å². The molecule has 0 heterocycles. The third kappa shape index (κ3) is 3.49. The first-order valence-electron chi connectivity index (χ1n) is 7.29. The Morgan fingerprint density at radius 3 is 2.44 bits per heavy atom. The molecule has 2 rings (SSSR count). The quantitative estimate of drug-likeness (QED) is 0.861. The lowest BCUT2D eigenvalue weighted by molar-refractivity contribution is 0.0902. The summed E-state index contributed by atoms with van der Waals surface area (Å²) in [7, 11) is 0. The van der Waals surface area contributed by atoms with Gasteiger partial charge < -0.3 is 10.0 Å². The van der Waals surface area contributed by atoms with Crippen LogP contribution in [0, 0.1) is 5.92 Å². The van der Waals surface area contributed by atoms with Crippen molar-refractivity contribution in [3.05, 3.63) is 30.3 Å². The molecule has 1 saturated carbocycles. The summed E-state index contributed by atoms with van der Waals surface area (Å²) in [6, 6.07) is 10.4. The van der Waals surface area contributed by atoms with Gasteiger partial charge in [-0.25, -0.2) is 0 Å². The Bertz CT molecular complexity index is 332. The highest BCUT2D eigenvalue weighted by molar-refractivity contribution is 5.45. The molecule has 1 fully saturated rings. The van der Waals surface area contributed by atoms with Crippen LogP contribution in [0.5, 0.6) is 0 Å². The van der Waals surface area contributed by atoms with Crippen LogP contribution >= 0.6 is 0 Å². The Balaban J connectivity index is 1.93. The van der Waals surface area contributed by atoms with Crippen molar-refractivity contribution in [3.8, 4) is 0 Å². The van der Waals surface area contributed by atoms with Crippen LogP contribution in [-0.4, -0.2) is 24.3 Å². The van der Waals surface area contributed by atoms with E-state index in [1.165, 1.54) is 37.8 Å². The fourth-order valence-electron chi connectivity index (χ4n) is 2.95. The highest BCUT2D eigenvalue weighted by atomic mass is 16.3. The Morgan fingerprint density at radius 2 is 1.83 bits per heavy atom. The Hall–Kier alpha value is -1.02. The Morgan fingerprint density at radius 1 is 1.17 bits per heavy atom. The van der Waals surface area contributed by atoms with E-state index in [-0.39, 0.29) is 6.10 Å². The van der Waals surface area contributed by atoms with Gasteiger partial charge in [-0.1, -0.05) is 37.5 Å². The number of nitrogens with zero attached hydrogens (tertiary/aromatic N) is 1. The highest BCUT2D eigenvalue weighted by Crippen LogP contribution is 2.27. The molecule has 2 nitrogen and oxygen atoms in total. The molecule has 1 aliphatic rings. The summed E-state index contributed by atoms with van der Waals surface area (Å²) in [5.74, 6) is 0.511. The van der Waals surface area contributed by atoms with E-state index in [0.717, 1.165) is 13.1 Å². The number of para-hydroxylation sites is 1. The average Bonchev–Trinajstić information content (AvgIpc) is 2.46. The zero-order valence-electron chi connectivity index (χ0n) is 11.4. The normalized spacial score (nSPS) is 18.6. The zero-order chi connectivity index (χ0) is 12.8. The lowest BCUT2D eigenvalue weighted by Crippen LogP contribution is -2.37. The summed E-state index contributed by atoms with van der Waals surface area (Å²) in [5.41, 5.74) is 1.22. The third-order valence-corrected chi connectivity index (χ3v) is 4.10. The molecule has 100 valence electrons. The molecule has 0 radical (unpaired) electrons. The molecule has 1 N–H and O–H groups in total. The molecular formula is C16H25NO. The predicted molar refractivity (Wildman–Crippen MR) is 76.9 cm³/mol. The summed E-state index contributed by atoms with van der Waals surface area (Å²) < 4.78 is 0. The van der Waals surface area contributed by atoms with Crippen LogP contribution < -0.4 is 4.90 Å². The molecule has 0 aromatic heterocycles. The van der Waals surface area contributed by atoms with Gasteiger partial charge >= 0.3 is 0 Å². The number of hydrogen-bond acceptors (Lipinski definition) is 2. The molecule has 1 aromatic rings. The SMILES string of the molecule is CCN(CC(O)C1CCCCC1)c1ccccc1. The van der Waals surface area contributed by atoms with Crippen LogP contribution in [-0.2, 0) is 0 Å². The van der Waals surface area contributed by atoms with E-state index in [1.807, 2.05) is 6.07 Å². The van der Waals surface area contributed by atoms with Crippen molar-refractivity contribution >= 4 is 5.69 Å². The minimum Gasteiger partial charge on any atom is -0.391 e. The minimum atomic E-state index is -0.176. The van der Waals surface area contributed by atoms with Crippen LogP contribution in [0.3, 0.4) is 0 Å². The second kappa shape index (κ2) is 6.79. The number of anilines is 1. The van der Waals surface area contributed by atoms with Crippen molar-refractivity contribution in [3.63, 3.8) is 0 Å². The lowest BCUT2D eigenvalue weighted by Gasteiger charge is -2.32. The number of hydrogen-bond donors (Lipinski definition) is 1. The Labute approximate surface area is 111 Å². The van der Waals surface area contributed by atoms with Gasteiger partial charge in [-0.05, 0) is 37.8 Å². The van der Waals surface area contributed by atoms with Crippen molar-refractivity contribution in [2.45, 2.75) is 45.1 Å². The summed E-state index contributed by atoms with van der Waals surface area (Å²) >= 11 is 0. The first-order valence-corrected chi connectivity index (χ1v) is 7.29. The molecule has 0 saturated heterocycles. The third-order valence-electron chi connectivity index (χ3n) is 4.10. The lowest BCUT2D eigenvalue weighted by atomic mass is 9.85. The van der Waals surface area contributed by atoms with Crippen LogP contribution in [0.1, 0.15) is 39.0 Å². The summed E-state index contributed by atoms with van der Waals surface area (Å²) in [6.07, 6.45) is 6.16. The molecule has 0 spiro atoms. The molecule has 0 bridgehead atoms. The van der Waals surface area contributed by atoms with Gasteiger partial charge in [0.25, 0.3) is 0 Å². The van der Waals surface area contributed by atoms with E-state index in [0.29, 0.717) is 5.92 Å². The van der Waals surface area contributed by atoms with Crippen molar-refractivity contribution in [2.24, 2.45) is 5.92 Å². The van der Waals surface area contributed by atoms with E-state index in [4.69, 9.17) is 0 Å². The van der Waals surface area contributed by atoms with Crippen LogP contribution in [0.2, 0.25) is 0 Å². The topological polar surface area (TPSA) is 23.5 Å². The fourth-order valence-corrected chi connectivity index (χ4v) is 2.95. The van der Waals surface area contributed by atoms with Gasteiger partial charge in [0.05, 0.1) is 6.10 Å².